The highest BCUT2D eigenvalue weighted by molar-refractivity contribution is 7.89. The summed E-state index contributed by atoms with van der Waals surface area (Å²) in [7, 11) is -3.68. The van der Waals surface area contributed by atoms with Crippen LogP contribution >= 0.6 is 0 Å². The van der Waals surface area contributed by atoms with E-state index >= 15 is 0 Å². The molecule has 2 aliphatic rings. The van der Waals surface area contributed by atoms with Crippen LogP contribution in [-0.2, 0) is 19.6 Å². The number of aryl methyl sites for hydroxylation is 1. The van der Waals surface area contributed by atoms with Gasteiger partial charge in [-0.15, -0.1) is 0 Å². The van der Waals surface area contributed by atoms with Gasteiger partial charge in [0.1, 0.15) is 0 Å². The number of carbonyl (C=O) groups excluding carboxylic acids is 1. The van der Waals surface area contributed by atoms with Crippen molar-refractivity contribution in [1.29, 1.82) is 0 Å². The van der Waals surface area contributed by atoms with Crippen molar-refractivity contribution in [1.82, 2.24) is 9.29 Å². The average molecular weight is 416 g/mol. The Morgan fingerprint density at radius 3 is 2.72 bits per heavy atom. The van der Waals surface area contributed by atoms with Crippen LogP contribution < -0.4 is 5.32 Å². The van der Waals surface area contributed by atoms with Crippen molar-refractivity contribution in [3.8, 4) is 0 Å². The lowest BCUT2D eigenvalue weighted by molar-refractivity contribution is -0.124. The van der Waals surface area contributed by atoms with E-state index in [-0.39, 0.29) is 17.3 Å². The molecule has 0 bridgehead atoms. The first-order chi connectivity index (χ1) is 13.9. The predicted molar refractivity (Wildman–Crippen MR) is 109 cm³/mol. The van der Waals surface area contributed by atoms with Crippen LogP contribution in [-0.4, -0.2) is 49.9 Å². The molecule has 8 heteroatoms. The number of nitrogens with one attached hydrogen (secondary N) is 1. The summed E-state index contributed by atoms with van der Waals surface area (Å²) in [5, 5.41) is 2.91. The highest BCUT2D eigenvalue weighted by atomic mass is 32.2. The normalized spacial score (nSPS) is 21.9. The van der Waals surface area contributed by atoms with E-state index in [4.69, 9.17) is 4.74 Å². The Balaban J connectivity index is 1.63. The van der Waals surface area contributed by atoms with Gasteiger partial charge in [0, 0.05) is 37.9 Å². The standard InChI is InChI=1S/C21H25N3O4S/c1-16-4-2-6-18(12-16)29(26,27)24-14-19(21(15-24)7-10-28-11-8-21)20(25)23-17-5-3-9-22-13-17/h2-6,9,12-13,19H,7-8,10-11,14-15H2,1H3,(H,23,25)/t19-/m1/s1. The monoisotopic (exact) mass is 415 g/mol. The Hall–Kier alpha value is -2.29. The Kier molecular flexibility index (Phi) is 5.42. The molecule has 4 rings (SSSR count). The number of aromatic nitrogens is 1. The number of rotatable bonds is 4. The lowest BCUT2D eigenvalue weighted by Crippen LogP contribution is -2.42. The number of benzene rings is 1. The van der Waals surface area contributed by atoms with Crippen molar-refractivity contribution in [2.75, 3.05) is 31.6 Å². The van der Waals surface area contributed by atoms with Gasteiger partial charge in [0.15, 0.2) is 0 Å². The lowest BCUT2D eigenvalue weighted by atomic mass is 9.72. The number of hydrogen-bond donors (Lipinski definition) is 1. The highest BCUT2D eigenvalue weighted by Crippen LogP contribution is 2.46. The molecule has 0 unspecified atom stereocenters. The Morgan fingerprint density at radius 2 is 2.03 bits per heavy atom. The van der Waals surface area contributed by atoms with Gasteiger partial charge in [0.05, 0.1) is 22.7 Å². The smallest absolute Gasteiger partial charge is 0.243 e. The molecule has 154 valence electrons. The first kappa shape index (κ1) is 20.0. The number of hydrogen-bond acceptors (Lipinski definition) is 5. The first-order valence-electron chi connectivity index (χ1n) is 9.76. The van der Waals surface area contributed by atoms with Crippen LogP contribution in [0, 0.1) is 18.3 Å². The van der Waals surface area contributed by atoms with Crippen molar-refractivity contribution in [2.45, 2.75) is 24.7 Å². The number of ether oxygens (including phenoxy) is 1. The molecule has 1 amide bonds. The van der Waals surface area contributed by atoms with E-state index in [0.717, 1.165) is 5.56 Å². The van der Waals surface area contributed by atoms with E-state index in [0.29, 0.717) is 38.3 Å². The van der Waals surface area contributed by atoms with Gasteiger partial charge in [-0.3, -0.25) is 9.78 Å². The van der Waals surface area contributed by atoms with Crippen LogP contribution in [0.3, 0.4) is 0 Å². The summed E-state index contributed by atoms with van der Waals surface area (Å²) >= 11 is 0. The van der Waals surface area contributed by atoms with E-state index in [9.17, 15) is 13.2 Å². The fourth-order valence-corrected chi connectivity index (χ4v) is 6.00. The topological polar surface area (TPSA) is 88.6 Å². The molecule has 1 atom stereocenters. The predicted octanol–water partition coefficient (Wildman–Crippen LogP) is 2.45. The number of carbonyl (C=O) groups is 1. The van der Waals surface area contributed by atoms with Gasteiger partial charge in [0.2, 0.25) is 15.9 Å². The summed E-state index contributed by atoms with van der Waals surface area (Å²) in [6.07, 6.45) is 4.56. The number of amides is 1. The number of pyridine rings is 1. The quantitative estimate of drug-likeness (QED) is 0.829. The van der Waals surface area contributed by atoms with Gasteiger partial charge in [-0.1, -0.05) is 12.1 Å². The SMILES string of the molecule is Cc1cccc(S(=O)(=O)N2C[C@H](C(=O)Nc3cccnc3)C3(CCOCC3)C2)c1. The molecule has 3 heterocycles. The molecule has 2 aliphatic heterocycles. The summed E-state index contributed by atoms with van der Waals surface area (Å²) < 4.78 is 33.6. The molecule has 7 nitrogen and oxygen atoms in total. The Bertz CT molecular complexity index is 988. The minimum atomic E-state index is -3.68. The molecule has 2 fully saturated rings. The summed E-state index contributed by atoms with van der Waals surface area (Å²) in [4.78, 5) is 17.5. The molecule has 1 aromatic heterocycles. The Morgan fingerprint density at radius 1 is 1.24 bits per heavy atom. The zero-order valence-corrected chi connectivity index (χ0v) is 17.2. The first-order valence-corrected chi connectivity index (χ1v) is 11.2. The summed E-state index contributed by atoms with van der Waals surface area (Å²) in [6, 6.07) is 10.4. The molecule has 0 radical (unpaired) electrons. The van der Waals surface area contributed by atoms with E-state index in [1.54, 1.807) is 42.7 Å². The summed E-state index contributed by atoms with van der Waals surface area (Å²) in [5.41, 5.74) is 1.08. The van der Waals surface area contributed by atoms with E-state index in [2.05, 4.69) is 10.3 Å². The van der Waals surface area contributed by atoms with Crippen molar-refractivity contribution < 1.29 is 17.9 Å². The van der Waals surface area contributed by atoms with Crippen molar-refractivity contribution in [2.24, 2.45) is 11.3 Å². The maximum Gasteiger partial charge on any atom is 0.243 e. The molecule has 1 N–H and O–H groups in total. The molecule has 0 aliphatic carbocycles. The molecule has 29 heavy (non-hydrogen) atoms. The number of sulfonamides is 1. The van der Waals surface area contributed by atoms with Crippen molar-refractivity contribution in [3.05, 3.63) is 54.4 Å². The van der Waals surface area contributed by atoms with Gasteiger partial charge in [-0.05, 0) is 49.6 Å². The molecular weight excluding hydrogens is 390 g/mol. The van der Waals surface area contributed by atoms with Crippen molar-refractivity contribution in [3.63, 3.8) is 0 Å². The molecule has 2 aromatic rings. The van der Waals surface area contributed by atoms with E-state index in [1.165, 1.54) is 4.31 Å². The minimum Gasteiger partial charge on any atom is -0.381 e. The molecule has 2 saturated heterocycles. The van der Waals surface area contributed by atoms with Gasteiger partial charge in [0.25, 0.3) is 0 Å². The third-order valence-electron chi connectivity index (χ3n) is 5.98. The van der Waals surface area contributed by atoms with E-state index in [1.807, 2.05) is 13.0 Å². The number of nitrogens with zero attached hydrogens (tertiary/aromatic N) is 2. The summed E-state index contributed by atoms with van der Waals surface area (Å²) in [5.74, 6) is -0.604. The molecule has 0 saturated carbocycles. The largest absolute Gasteiger partial charge is 0.381 e. The maximum atomic E-state index is 13.3. The third kappa shape index (κ3) is 3.92. The zero-order valence-electron chi connectivity index (χ0n) is 16.4. The van der Waals surface area contributed by atoms with Gasteiger partial charge in [-0.25, -0.2) is 8.42 Å². The highest BCUT2D eigenvalue weighted by Gasteiger charge is 2.53. The minimum absolute atomic E-state index is 0.165. The number of anilines is 1. The van der Waals surface area contributed by atoms with Crippen LogP contribution in [0.15, 0.2) is 53.7 Å². The second-order valence-corrected chi connectivity index (χ2v) is 9.81. The molecular formula is C21H25N3O4S. The van der Waals surface area contributed by atoms with Crippen LogP contribution in [0.25, 0.3) is 0 Å². The molecule has 1 spiro atoms. The lowest BCUT2D eigenvalue weighted by Gasteiger charge is -2.37. The third-order valence-corrected chi connectivity index (χ3v) is 7.79. The fraction of sp³-hybridized carbons (Fsp3) is 0.429. The van der Waals surface area contributed by atoms with Gasteiger partial charge >= 0.3 is 0 Å². The maximum absolute atomic E-state index is 13.3. The van der Waals surface area contributed by atoms with Gasteiger partial charge in [-0.2, -0.15) is 4.31 Å². The zero-order chi connectivity index (χ0) is 20.5. The fourth-order valence-electron chi connectivity index (χ4n) is 4.34. The average Bonchev–Trinajstić information content (AvgIpc) is 3.09. The van der Waals surface area contributed by atoms with E-state index < -0.39 is 21.4 Å². The summed E-state index contributed by atoms with van der Waals surface area (Å²) in [6.45, 7) is 3.44. The molecule has 1 aromatic carbocycles. The van der Waals surface area contributed by atoms with Crippen LogP contribution in [0.5, 0.6) is 0 Å². The second kappa shape index (κ2) is 7.85. The van der Waals surface area contributed by atoms with Gasteiger partial charge < -0.3 is 10.1 Å². The van der Waals surface area contributed by atoms with Crippen LogP contribution in [0.4, 0.5) is 5.69 Å². The van der Waals surface area contributed by atoms with Crippen LogP contribution in [0.2, 0.25) is 0 Å². The van der Waals surface area contributed by atoms with Crippen LogP contribution in [0.1, 0.15) is 18.4 Å². The second-order valence-electron chi connectivity index (χ2n) is 7.87. The van der Waals surface area contributed by atoms with Crippen molar-refractivity contribution >= 4 is 21.6 Å². The Labute approximate surface area is 171 Å².